The summed E-state index contributed by atoms with van der Waals surface area (Å²) in [6.45, 7) is 0.734. The van der Waals surface area contributed by atoms with Crippen molar-refractivity contribution >= 4 is 22.6 Å². The fourth-order valence-corrected chi connectivity index (χ4v) is 2.48. The maximum atomic E-state index is 11.7. The minimum atomic E-state index is -0.0680. The topological polar surface area (TPSA) is 66.9 Å². The van der Waals surface area contributed by atoms with E-state index in [4.69, 9.17) is 0 Å². The number of hydrogen-bond donors (Lipinski definition) is 2. The van der Waals surface area contributed by atoms with E-state index in [1.54, 1.807) is 13.4 Å². The number of nitrogens with zero attached hydrogens (tertiary/aromatic N) is 2. The molecule has 23 heavy (non-hydrogen) atoms. The van der Waals surface area contributed by atoms with E-state index in [-0.39, 0.29) is 5.91 Å². The summed E-state index contributed by atoms with van der Waals surface area (Å²) in [4.78, 5) is 20.2. The van der Waals surface area contributed by atoms with Gasteiger partial charge in [-0.2, -0.15) is 0 Å². The fraction of sp³-hybridized carbons (Fsp3) is 0.167. The Morgan fingerprint density at radius 3 is 2.83 bits per heavy atom. The number of carbonyl (C=O) groups is 1. The Morgan fingerprint density at radius 2 is 1.96 bits per heavy atom. The molecular formula is C18H18N4O. The number of fused-ring (bicyclic) bond motifs is 1. The average Bonchev–Trinajstić information content (AvgIpc) is 2.61. The van der Waals surface area contributed by atoms with E-state index < -0.39 is 0 Å². The van der Waals surface area contributed by atoms with Gasteiger partial charge in [0.2, 0.25) is 0 Å². The van der Waals surface area contributed by atoms with E-state index in [0.717, 1.165) is 35.2 Å². The molecule has 0 unspecified atom stereocenters. The molecule has 0 aliphatic heterocycles. The second kappa shape index (κ2) is 6.87. The average molecular weight is 306 g/mol. The molecule has 3 rings (SSSR count). The smallest absolute Gasteiger partial charge is 0.251 e. The van der Waals surface area contributed by atoms with Crippen LogP contribution < -0.4 is 10.6 Å². The Morgan fingerprint density at radius 1 is 1.09 bits per heavy atom. The molecular weight excluding hydrogens is 288 g/mol. The maximum Gasteiger partial charge on any atom is 0.251 e. The molecule has 3 aromatic rings. The van der Waals surface area contributed by atoms with Gasteiger partial charge in [0.05, 0.1) is 5.52 Å². The minimum absolute atomic E-state index is 0.0680. The van der Waals surface area contributed by atoms with Gasteiger partial charge in [-0.3, -0.25) is 4.79 Å². The van der Waals surface area contributed by atoms with Gasteiger partial charge >= 0.3 is 0 Å². The van der Waals surface area contributed by atoms with Crippen LogP contribution in [0.15, 0.2) is 54.9 Å². The number of carbonyl (C=O) groups excluding carboxylic acids is 1. The lowest BCUT2D eigenvalue weighted by molar-refractivity contribution is 0.0963. The van der Waals surface area contributed by atoms with Gasteiger partial charge in [0.15, 0.2) is 0 Å². The van der Waals surface area contributed by atoms with Crippen LogP contribution in [-0.2, 0) is 6.42 Å². The molecule has 5 heteroatoms. The van der Waals surface area contributed by atoms with Gasteiger partial charge in [-0.15, -0.1) is 0 Å². The molecule has 0 fully saturated rings. The zero-order valence-electron chi connectivity index (χ0n) is 12.9. The predicted molar refractivity (Wildman–Crippen MR) is 91.6 cm³/mol. The number of anilines is 1. The van der Waals surface area contributed by atoms with Crippen molar-refractivity contribution in [2.24, 2.45) is 0 Å². The van der Waals surface area contributed by atoms with Gasteiger partial charge in [0.25, 0.3) is 5.91 Å². The first kappa shape index (κ1) is 15.0. The van der Waals surface area contributed by atoms with E-state index >= 15 is 0 Å². The van der Waals surface area contributed by atoms with Crippen LogP contribution in [0.5, 0.6) is 0 Å². The third-order valence-electron chi connectivity index (χ3n) is 3.67. The summed E-state index contributed by atoms with van der Waals surface area (Å²) in [5.41, 5.74) is 2.71. The molecule has 0 bridgehead atoms. The summed E-state index contributed by atoms with van der Waals surface area (Å²) >= 11 is 0. The number of nitrogens with one attached hydrogen (secondary N) is 2. The lowest BCUT2D eigenvalue weighted by Crippen LogP contribution is -2.18. The van der Waals surface area contributed by atoms with E-state index in [1.165, 1.54) is 0 Å². The van der Waals surface area contributed by atoms with Crippen molar-refractivity contribution in [1.29, 1.82) is 0 Å². The Balaban J connectivity index is 1.68. The maximum absolute atomic E-state index is 11.7. The van der Waals surface area contributed by atoms with Gasteiger partial charge < -0.3 is 10.6 Å². The molecule has 2 aromatic carbocycles. The zero-order valence-corrected chi connectivity index (χ0v) is 12.9. The SMILES string of the molecule is CNC(=O)c1cccc(CCNc2ncnc3ccccc23)c1. The van der Waals surface area contributed by atoms with Gasteiger partial charge in [-0.25, -0.2) is 9.97 Å². The highest BCUT2D eigenvalue weighted by atomic mass is 16.1. The van der Waals surface area contributed by atoms with Crippen molar-refractivity contribution < 1.29 is 4.79 Å². The number of benzene rings is 2. The van der Waals surface area contributed by atoms with Crippen molar-refractivity contribution in [2.75, 3.05) is 18.9 Å². The second-order valence-electron chi connectivity index (χ2n) is 5.20. The Labute approximate surface area is 134 Å². The molecule has 0 saturated heterocycles. The Kier molecular flexibility index (Phi) is 4.47. The minimum Gasteiger partial charge on any atom is -0.369 e. The molecule has 1 aromatic heterocycles. The van der Waals surface area contributed by atoms with E-state index in [9.17, 15) is 4.79 Å². The van der Waals surface area contributed by atoms with Crippen molar-refractivity contribution in [2.45, 2.75) is 6.42 Å². The van der Waals surface area contributed by atoms with Crippen LogP contribution in [0.25, 0.3) is 10.9 Å². The van der Waals surface area contributed by atoms with E-state index in [1.807, 2.05) is 48.5 Å². The van der Waals surface area contributed by atoms with Gasteiger partial charge in [-0.1, -0.05) is 24.3 Å². The van der Waals surface area contributed by atoms with Crippen LogP contribution in [0.3, 0.4) is 0 Å². The molecule has 0 saturated carbocycles. The van der Waals surface area contributed by atoms with Crippen LogP contribution in [-0.4, -0.2) is 29.5 Å². The summed E-state index contributed by atoms with van der Waals surface area (Å²) in [7, 11) is 1.64. The standard InChI is InChI=1S/C18H18N4O/c1-19-18(23)14-6-4-5-13(11-14)9-10-20-17-15-7-2-3-8-16(15)21-12-22-17/h2-8,11-12H,9-10H2,1H3,(H,19,23)(H,20,21,22). The highest BCUT2D eigenvalue weighted by Gasteiger charge is 2.05. The van der Waals surface area contributed by atoms with Crippen molar-refractivity contribution in [3.63, 3.8) is 0 Å². The van der Waals surface area contributed by atoms with E-state index in [2.05, 4.69) is 20.6 Å². The van der Waals surface area contributed by atoms with Crippen LogP contribution in [0, 0.1) is 0 Å². The Bertz CT molecular complexity index is 827. The second-order valence-corrected chi connectivity index (χ2v) is 5.20. The summed E-state index contributed by atoms with van der Waals surface area (Å²) in [6, 6.07) is 15.6. The van der Waals surface area contributed by atoms with Crippen molar-refractivity contribution in [3.05, 3.63) is 66.0 Å². The number of rotatable bonds is 5. The predicted octanol–water partition coefficient (Wildman–Crippen LogP) is 2.64. The molecule has 5 nitrogen and oxygen atoms in total. The van der Waals surface area contributed by atoms with E-state index in [0.29, 0.717) is 5.56 Å². The molecule has 1 amide bonds. The van der Waals surface area contributed by atoms with Gasteiger partial charge in [-0.05, 0) is 36.2 Å². The normalized spacial score (nSPS) is 10.5. The summed E-state index contributed by atoms with van der Waals surface area (Å²) in [5, 5.41) is 6.99. The molecule has 1 heterocycles. The third kappa shape index (κ3) is 3.45. The molecule has 0 aliphatic carbocycles. The monoisotopic (exact) mass is 306 g/mol. The van der Waals surface area contributed by atoms with Crippen LogP contribution in [0.1, 0.15) is 15.9 Å². The summed E-state index contributed by atoms with van der Waals surface area (Å²) < 4.78 is 0. The number of para-hydroxylation sites is 1. The molecule has 116 valence electrons. The highest BCUT2D eigenvalue weighted by Crippen LogP contribution is 2.18. The first-order valence-electron chi connectivity index (χ1n) is 7.52. The molecule has 0 aliphatic rings. The lowest BCUT2D eigenvalue weighted by Gasteiger charge is -2.09. The number of hydrogen-bond acceptors (Lipinski definition) is 4. The van der Waals surface area contributed by atoms with Crippen molar-refractivity contribution in [3.8, 4) is 0 Å². The summed E-state index contributed by atoms with van der Waals surface area (Å²) in [5.74, 6) is 0.764. The Hall–Kier alpha value is -2.95. The van der Waals surface area contributed by atoms with Crippen LogP contribution >= 0.6 is 0 Å². The zero-order chi connectivity index (χ0) is 16.1. The molecule has 0 atom stereocenters. The third-order valence-corrected chi connectivity index (χ3v) is 3.67. The lowest BCUT2D eigenvalue weighted by atomic mass is 10.1. The molecule has 0 radical (unpaired) electrons. The largest absolute Gasteiger partial charge is 0.369 e. The van der Waals surface area contributed by atoms with Gasteiger partial charge in [0.1, 0.15) is 12.1 Å². The van der Waals surface area contributed by atoms with Gasteiger partial charge in [0, 0.05) is 24.5 Å². The number of aromatic nitrogens is 2. The molecule has 2 N–H and O–H groups in total. The highest BCUT2D eigenvalue weighted by molar-refractivity contribution is 5.94. The fourth-order valence-electron chi connectivity index (χ4n) is 2.48. The van der Waals surface area contributed by atoms with Crippen molar-refractivity contribution in [1.82, 2.24) is 15.3 Å². The van der Waals surface area contributed by atoms with Crippen LogP contribution in [0.2, 0.25) is 0 Å². The first-order valence-corrected chi connectivity index (χ1v) is 7.52. The quantitative estimate of drug-likeness (QED) is 0.760. The first-order chi connectivity index (χ1) is 11.3. The number of amides is 1. The van der Waals surface area contributed by atoms with Crippen LogP contribution in [0.4, 0.5) is 5.82 Å². The summed E-state index contributed by atoms with van der Waals surface area (Å²) in [6.07, 6.45) is 2.38. The molecule has 0 spiro atoms.